The number of hydrogen-bond donors (Lipinski definition) is 0. The lowest BCUT2D eigenvalue weighted by Crippen LogP contribution is -2.41. The number of rotatable bonds is 2. The van der Waals surface area contributed by atoms with E-state index in [9.17, 15) is 0 Å². The molecule has 0 spiro atoms. The van der Waals surface area contributed by atoms with Crippen molar-refractivity contribution in [1.82, 2.24) is 4.57 Å². The Morgan fingerprint density at radius 2 is 1.26 bits per heavy atom. The van der Waals surface area contributed by atoms with Crippen LogP contribution in [0.5, 0.6) is 0 Å². The molecule has 1 aliphatic rings. The van der Waals surface area contributed by atoms with Crippen LogP contribution in [0.3, 0.4) is 0 Å². The van der Waals surface area contributed by atoms with E-state index in [-0.39, 0.29) is 0 Å². The minimum absolute atomic E-state index is 0.400. The zero-order valence-corrected chi connectivity index (χ0v) is 20.3. The van der Waals surface area contributed by atoms with Crippen molar-refractivity contribution >= 4 is 56.3 Å². The van der Waals surface area contributed by atoms with Crippen molar-refractivity contribution in [3.63, 3.8) is 0 Å². The second-order valence-corrected chi connectivity index (χ2v) is 10.5. The first-order chi connectivity index (χ1) is 16.8. The topological polar surface area (TPSA) is 36.5 Å². The summed E-state index contributed by atoms with van der Waals surface area (Å²) in [6.07, 6.45) is 0. The SMILES string of the molecule is CC1(C)OB(c2cccc3oc4cc(-n5c6ccccc6c6ccccc65)ccc4c23)OC1(C)C. The van der Waals surface area contributed by atoms with Crippen LogP contribution in [0.15, 0.2) is 89.3 Å². The fourth-order valence-corrected chi connectivity index (χ4v) is 5.35. The fourth-order valence-electron chi connectivity index (χ4n) is 5.35. The van der Waals surface area contributed by atoms with Crippen LogP contribution >= 0.6 is 0 Å². The monoisotopic (exact) mass is 459 g/mol. The number of para-hydroxylation sites is 2. The molecule has 4 nitrogen and oxygen atoms in total. The van der Waals surface area contributed by atoms with E-state index in [2.05, 4.69) is 105 Å². The Balaban J connectivity index is 1.44. The summed E-state index contributed by atoms with van der Waals surface area (Å²) in [5.74, 6) is 0. The van der Waals surface area contributed by atoms with Crippen molar-refractivity contribution in [2.24, 2.45) is 0 Å². The molecule has 0 atom stereocenters. The number of nitrogens with zero attached hydrogens (tertiary/aromatic N) is 1. The predicted molar refractivity (Wildman–Crippen MR) is 144 cm³/mol. The van der Waals surface area contributed by atoms with Crippen molar-refractivity contribution < 1.29 is 13.7 Å². The van der Waals surface area contributed by atoms with Crippen LogP contribution < -0.4 is 5.46 Å². The highest BCUT2D eigenvalue weighted by molar-refractivity contribution is 6.66. The molecule has 1 aliphatic heterocycles. The van der Waals surface area contributed by atoms with Crippen LogP contribution in [0.2, 0.25) is 0 Å². The third-order valence-corrected chi connectivity index (χ3v) is 7.86. The van der Waals surface area contributed by atoms with Gasteiger partial charge in [-0.2, -0.15) is 0 Å². The van der Waals surface area contributed by atoms with Crippen LogP contribution in [0.4, 0.5) is 0 Å². The number of hydrogen-bond acceptors (Lipinski definition) is 3. The Morgan fingerprint density at radius 1 is 0.629 bits per heavy atom. The standard InChI is InChI=1S/C30H26BNO3/c1-29(2)30(3,4)35-31(34-29)23-12-9-15-26-28(23)22-17-16-19(18-27(22)33-26)32-24-13-7-5-10-20(24)21-11-6-8-14-25(21)32/h5-18H,1-4H3. The molecule has 0 aliphatic carbocycles. The third-order valence-electron chi connectivity index (χ3n) is 7.86. The minimum Gasteiger partial charge on any atom is -0.456 e. The summed E-state index contributed by atoms with van der Waals surface area (Å²) in [6.45, 7) is 8.33. The first-order valence-corrected chi connectivity index (χ1v) is 12.1. The summed E-state index contributed by atoms with van der Waals surface area (Å²) in [4.78, 5) is 0. The number of fused-ring (bicyclic) bond motifs is 6. The zero-order valence-electron chi connectivity index (χ0n) is 20.3. The molecule has 2 aromatic heterocycles. The highest BCUT2D eigenvalue weighted by atomic mass is 16.7. The molecule has 4 aromatic carbocycles. The molecule has 1 fully saturated rings. The molecule has 1 saturated heterocycles. The molecule has 35 heavy (non-hydrogen) atoms. The maximum atomic E-state index is 6.40. The van der Waals surface area contributed by atoms with Gasteiger partial charge in [-0.05, 0) is 63.5 Å². The summed E-state index contributed by atoms with van der Waals surface area (Å²) >= 11 is 0. The molecule has 0 radical (unpaired) electrons. The maximum absolute atomic E-state index is 6.40. The van der Waals surface area contributed by atoms with Gasteiger partial charge in [0.15, 0.2) is 0 Å². The van der Waals surface area contributed by atoms with Crippen LogP contribution in [-0.4, -0.2) is 22.9 Å². The van der Waals surface area contributed by atoms with Crippen molar-refractivity contribution in [1.29, 1.82) is 0 Å². The van der Waals surface area contributed by atoms with E-state index in [1.807, 2.05) is 12.1 Å². The van der Waals surface area contributed by atoms with Gasteiger partial charge in [-0.1, -0.05) is 48.5 Å². The molecule has 0 unspecified atom stereocenters. The Kier molecular flexibility index (Phi) is 4.16. The Hall–Kier alpha value is -3.54. The first kappa shape index (κ1) is 20.8. The molecule has 0 saturated carbocycles. The van der Waals surface area contributed by atoms with Gasteiger partial charge in [-0.15, -0.1) is 0 Å². The molecule has 7 rings (SSSR count). The van der Waals surface area contributed by atoms with E-state index in [0.29, 0.717) is 0 Å². The van der Waals surface area contributed by atoms with E-state index < -0.39 is 18.3 Å². The fraction of sp³-hybridized carbons (Fsp3) is 0.200. The second kappa shape index (κ2) is 7.00. The minimum atomic E-state index is -0.443. The van der Waals surface area contributed by atoms with Gasteiger partial charge in [-0.25, -0.2) is 0 Å². The molecular weight excluding hydrogens is 433 g/mol. The van der Waals surface area contributed by atoms with Gasteiger partial charge >= 0.3 is 7.12 Å². The molecule has 0 amide bonds. The smallest absolute Gasteiger partial charge is 0.456 e. The average molecular weight is 459 g/mol. The predicted octanol–water partition coefficient (Wildman–Crippen LogP) is 6.98. The van der Waals surface area contributed by atoms with Gasteiger partial charge in [0.2, 0.25) is 0 Å². The highest BCUT2D eigenvalue weighted by Crippen LogP contribution is 2.39. The average Bonchev–Trinajstić information content (AvgIpc) is 3.45. The molecule has 0 bridgehead atoms. The van der Waals surface area contributed by atoms with Gasteiger partial charge in [0.05, 0.1) is 22.2 Å². The van der Waals surface area contributed by atoms with Crippen LogP contribution in [0, 0.1) is 0 Å². The molecule has 0 N–H and O–H groups in total. The zero-order chi connectivity index (χ0) is 23.9. The second-order valence-electron chi connectivity index (χ2n) is 10.5. The van der Waals surface area contributed by atoms with Crippen molar-refractivity contribution in [2.45, 2.75) is 38.9 Å². The van der Waals surface area contributed by atoms with E-state index in [0.717, 1.165) is 33.1 Å². The van der Waals surface area contributed by atoms with Crippen molar-refractivity contribution in [3.05, 3.63) is 84.9 Å². The lowest BCUT2D eigenvalue weighted by Gasteiger charge is -2.32. The van der Waals surface area contributed by atoms with E-state index in [1.54, 1.807) is 0 Å². The van der Waals surface area contributed by atoms with Crippen LogP contribution in [-0.2, 0) is 9.31 Å². The molecule has 5 heteroatoms. The largest absolute Gasteiger partial charge is 0.495 e. The lowest BCUT2D eigenvalue weighted by atomic mass is 9.76. The van der Waals surface area contributed by atoms with Gasteiger partial charge in [0.25, 0.3) is 0 Å². The molecule has 172 valence electrons. The quantitative estimate of drug-likeness (QED) is 0.262. The normalized spacial score (nSPS) is 17.3. The molecule has 3 heterocycles. The molecule has 6 aromatic rings. The summed E-state index contributed by atoms with van der Waals surface area (Å²) in [5.41, 5.74) is 5.33. The van der Waals surface area contributed by atoms with Crippen LogP contribution in [0.25, 0.3) is 49.4 Å². The third kappa shape index (κ3) is 2.89. The van der Waals surface area contributed by atoms with E-state index >= 15 is 0 Å². The van der Waals surface area contributed by atoms with E-state index in [1.165, 1.54) is 21.8 Å². The maximum Gasteiger partial charge on any atom is 0.495 e. The first-order valence-electron chi connectivity index (χ1n) is 12.1. The Bertz CT molecular complexity index is 1710. The Labute approximate surface area is 204 Å². The lowest BCUT2D eigenvalue weighted by molar-refractivity contribution is 0.00578. The number of aromatic nitrogens is 1. The Morgan fingerprint density at radius 3 is 1.91 bits per heavy atom. The summed E-state index contributed by atoms with van der Waals surface area (Å²) < 4.78 is 21.5. The van der Waals surface area contributed by atoms with Gasteiger partial charge < -0.3 is 18.3 Å². The van der Waals surface area contributed by atoms with Gasteiger partial charge in [0, 0.05) is 33.3 Å². The summed E-state index contributed by atoms with van der Waals surface area (Å²) in [7, 11) is -0.443. The number of furan rings is 1. The van der Waals surface area contributed by atoms with E-state index in [4.69, 9.17) is 13.7 Å². The highest BCUT2D eigenvalue weighted by Gasteiger charge is 2.52. The van der Waals surface area contributed by atoms with Crippen molar-refractivity contribution in [3.8, 4) is 5.69 Å². The van der Waals surface area contributed by atoms with Crippen LogP contribution in [0.1, 0.15) is 27.7 Å². The van der Waals surface area contributed by atoms with Crippen molar-refractivity contribution in [2.75, 3.05) is 0 Å². The summed E-state index contributed by atoms with van der Waals surface area (Å²) in [5, 5.41) is 4.61. The van der Waals surface area contributed by atoms with Gasteiger partial charge in [0.1, 0.15) is 11.2 Å². The number of benzene rings is 4. The summed E-state index contributed by atoms with van der Waals surface area (Å²) in [6, 6.07) is 29.7. The van der Waals surface area contributed by atoms with Gasteiger partial charge in [-0.3, -0.25) is 0 Å². The molecular formula is C30H26BNO3.